The number of aryl methyl sites for hydroxylation is 1. The molecule has 21 heavy (non-hydrogen) atoms. The van der Waals surface area contributed by atoms with Crippen LogP contribution in [-0.4, -0.2) is 19.0 Å². The summed E-state index contributed by atoms with van der Waals surface area (Å²) in [6, 6.07) is 13.0. The van der Waals surface area contributed by atoms with Crippen molar-refractivity contribution in [2.24, 2.45) is 0 Å². The van der Waals surface area contributed by atoms with E-state index in [2.05, 4.69) is 0 Å². The number of carbonyl (C=O) groups is 1. The minimum atomic E-state index is -0.0446. The lowest BCUT2D eigenvalue weighted by Gasteiger charge is -2.10. The standard InChI is InChI=1S/C18H18O3/c1-12-6-9-17(20-2)16(10-12)18(19)13-4-3-5-15(11-13)21-14-7-8-14/h3-6,9-11,14H,7-8H2,1-2H3. The lowest BCUT2D eigenvalue weighted by Crippen LogP contribution is -2.05. The molecule has 108 valence electrons. The molecule has 1 fully saturated rings. The van der Waals surface area contributed by atoms with Gasteiger partial charge in [0.2, 0.25) is 0 Å². The van der Waals surface area contributed by atoms with Crippen molar-refractivity contribution >= 4 is 5.78 Å². The van der Waals surface area contributed by atoms with Gasteiger partial charge in [-0.1, -0.05) is 23.8 Å². The van der Waals surface area contributed by atoms with Crippen LogP contribution in [0, 0.1) is 6.92 Å². The summed E-state index contributed by atoms with van der Waals surface area (Å²) in [5.41, 5.74) is 2.24. The second-order valence-corrected chi connectivity index (χ2v) is 5.38. The molecule has 0 aliphatic heterocycles. The normalized spacial score (nSPS) is 13.8. The van der Waals surface area contributed by atoms with E-state index in [0.29, 0.717) is 23.0 Å². The maximum Gasteiger partial charge on any atom is 0.196 e. The molecule has 0 spiro atoms. The summed E-state index contributed by atoms with van der Waals surface area (Å²) >= 11 is 0. The van der Waals surface area contributed by atoms with Crippen LogP contribution in [0.25, 0.3) is 0 Å². The van der Waals surface area contributed by atoms with Crippen LogP contribution in [0.1, 0.15) is 34.3 Å². The Morgan fingerprint density at radius 1 is 1.14 bits per heavy atom. The zero-order valence-corrected chi connectivity index (χ0v) is 12.3. The predicted octanol–water partition coefficient (Wildman–Crippen LogP) is 3.78. The summed E-state index contributed by atoms with van der Waals surface area (Å²) in [6.45, 7) is 1.96. The van der Waals surface area contributed by atoms with Gasteiger partial charge in [0, 0.05) is 5.56 Å². The molecule has 0 amide bonds. The highest BCUT2D eigenvalue weighted by molar-refractivity contribution is 6.11. The Morgan fingerprint density at radius 3 is 2.67 bits per heavy atom. The van der Waals surface area contributed by atoms with Gasteiger partial charge in [-0.25, -0.2) is 0 Å². The number of ether oxygens (including phenoxy) is 2. The predicted molar refractivity (Wildman–Crippen MR) is 81.3 cm³/mol. The summed E-state index contributed by atoms with van der Waals surface area (Å²) in [4.78, 5) is 12.7. The number of hydrogen-bond donors (Lipinski definition) is 0. The van der Waals surface area contributed by atoms with E-state index in [1.54, 1.807) is 7.11 Å². The molecule has 1 saturated carbocycles. The summed E-state index contributed by atoms with van der Waals surface area (Å²) in [6.07, 6.45) is 2.53. The molecule has 0 heterocycles. The molecular formula is C18H18O3. The Bertz CT molecular complexity index is 672. The number of hydrogen-bond acceptors (Lipinski definition) is 3. The largest absolute Gasteiger partial charge is 0.496 e. The van der Waals surface area contributed by atoms with Crippen molar-refractivity contribution < 1.29 is 14.3 Å². The fourth-order valence-corrected chi connectivity index (χ4v) is 2.24. The van der Waals surface area contributed by atoms with Gasteiger partial charge in [0.05, 0.1) is 18.8 Å². The van der Waals surface area contributed by atoms with Gasteiger partial charge in [-0.3, -0.25) is 4.79 Å². The number of methoxy groups -OCH3 is 1. The van der Waals surface area contributed by atoms with E-state index < -0.39 is 0 Å². The third-order valence-corrected chi connectivity index (χ3v) is 3.52. The number of rotatable bonds is 5. The quantitative estimate of drug-likeness (QED) is 0.783. The van der Waals surface area contributed by atoms with Gasteiger partial charge in [0.15, 0.2) is 5.78 Å². The van der Waals surface area contributed by atoms with Crippen LogP contribution in [0.3, 0.4) is 0 Å². The van der Waals surface area contributed by atoms with E-state index in [1.165, 1.54) is 0 Å². The van der Waals surface area contributed by atoms with Crippen molar-refractivity contribution in [1.82, 2.24) is 0 Å². The molecule has 0 bridgehead atoms. The zero-order valence-electron chi connectivity index (χ0n) is 12.3. The first kappa shape index (κ1) is 13.7. The Labute approximate surface area is 124 Å². The van der Waals surface area contributed by atoms with Crippen LogP contribution in [0.5, 0.6) is 11.5 Å². The highest BCUT2D eigenvalue weighted by Crippen LogP contribution is 2.28. The monoisotopic (exact) mass is 282 g/mol. The molecule has 0 unspecified atom stereocenters. The SMILES string of the molecule is COc1ccc(C)cc1C(=O)c1cccc(OC2CC2)c1. The van der Waals surface area contributed by atoms with Gasteiger partial charge in [-0.15, -0.1) is 0 Å². The van der Waals surface area contributed by atoms with Crippen LogP contribution in [-0.2, 0) is 0 Å². The average molecular weight is 282 g/mol. The van der Waals surface area contributed by atoms with Crippen molar-refractivity contribution in [3.63, 3.8) is 0 Å². The highest BCUT2D eigenvalue weighted by Gasteiger charge is 2.24. The number of benzene rings is 2. The molecule has 0 saturated heterocycles. The summed E-state index contributed by atoms with van der Waals surface area (Å²) in [7, 11) is 1.58. The molecule has 0 N–H and O–H groups in total. The molecule has 0 atom stereocenters. The van der Waals surface area contributed by atoms with Crippen molar-refractivity contribution in [3.8, 4) is 11.5 Å². The van der Waals surface area contributed by atoms with Crippen LogP contribution in [0.15, 0.2) is 42.5 Å². The van der Waals surface area contributed by atoms with Crippen LogP contribution >= 0.6 is 0 Å². The molecule has 3 heteroatoms. The van der Waals surface area contributed by atoms with Crippen molar-refractivity contribution in [2.75, 3.05) is 7.11 Å². The molecular weight excluding hydrogens is 264 g/mol. The maximum absolute atomic E-state index is 12.7. The molecule has 1 aliphatic rings. The summed E-state index contributed by atoms with van der Waals surface area (Å²) in [5.74, 6) is 1.31. The van der Waals surface area contributed by atoms with E-state index >= 15 is 0 Å². The fourth-order valence-electron chi connectivity index (χ4n) is 2.24. The maximum atomic E-state index is 12.7. The first-order valence-electron chi connectivity index (χ1n) is 7.13. The Morgan fingerprint density at radius 2 is 1.95 bits per heavy atom. The minimum Gasteiger partial charge on any atom is -0.496 e. The molecule has 3 nitrogen and oxygen atoms in total. The number of carbonyl (C=O) groups excluding carboxylic acids is 1. The molecule has 0 radical (unpaired) electrons. The fraction of sp³-hybridized carbons (Fsp3) is 0.278. The van der Waals surface area contributed by atoms with Crippen LogP contribution < -0.4 is 9.47 Å². The van der Waals surface area contributed by atoms with Crippen LogP contribution in [0.2, 0.25) is 0 Å². The van der Waals surface area contributed by atoms with E-state index in [-0.39, 0.29) is 5.78 Å². The third kappa shape index (κ3) is 3.07. The Balaban J connectivity index is 1.92. The lowest BCUT2D eigenvalue weighted by atomic mass is 10.0. The molecule has 0 aromatic heterocycles. The Hall–Kier alpha value is -2.29. The summed E-state index contributed by atoms with van der Waals surface area (Å²) in [5, 5.41) is 0. The van der Waals surface area contributed by atoms with E-state index in [9.17, 15) is 4.79 Å². The molecule has 2 aromatic carbocycles. The molecule has 2 aromatic rings. The van der Waals surface area contributed by atoms with Gasteiger partial charge >= 0.3 is 0 Å². The first-order valence-corrected chi connectivity index (χ1v) is 7.13. The van der Waals surface area contributed by atoms with Crippen molar-refractivity contribution in [3.05, 3.63) is 59.2 Å². The average Bonchev–Trinajstić information content (AvgIpc) is 3.30. The van der Waals surface area contributed by atoms with E-state index in [1.807, 2.05) is 49.4 Å². The van der Waals surface area contributed by atoms with Crippen molar-refractivity contribution in [1.29, 1.82) is 0 Å². The number of ketones is 1. The van der Waals surface area contributed by atoms with Gasteiger partial charge in [0.25, 0.3) is 0 Å². The zero-order chi connectivity index (χ0) is 14.8. The van der Waals surface area contributed by atoms with Gasteiger partial charge in [0.1, 0.15) is 11.5 Å². The lowest BCUT2D eigenvalue weighted by molar-refractivity contribution is 0.103. The van der Waals surface area contributed by atoms with Crippen molar-refractivity contribution in [2.45, 2.75) is 25.9 Å². The smallest absolute Gasteiger partial charge is 0.196 e. The van der Waals surface area contributed by atoms with E-state index in [4.69, 9.17) is 9.47 Å². The topological polar surface area (TPSA) is 35.5 Å². The van der Waals surface area contributed by atoms with Crippen LogP contribution in [0.4, 0.5) is 0 Å². The second kappa shape index (κ2) is 5.60. The highest BCUT2D eigenvalue weighted by atomic mass is 16.5. The summed E-state index contributed by atoms with van der Waals surface area (Å²) < 4.78 is 11.0. The van der Waals surface area contributed by atoms with Gasteiger partial charge in [-0.05, 0) is 44.0 Å². The second-order valence-electron chi connectivity index (χ2n) is 5.38. The van der Waals surface area contributed by atoms with Gasteiger partial charge in [-0.2, -0.15) is 0 Å². The van der Waals surface area contributed by atoms with Gasteiger partial charge < -0.3 is 9.47 Å². The molecule has 1 aliphatic carbocycles. The Kier molecular flexibility index (Phi) is 3.65. The van der Waals surface area contributed by atoms with E-state index in [0.717, 1.165) is 24.2 Å². The first-order chi connectivity index (χ1) is 10.2. The minimum absolute atomic E-state index is 0.0446. The third-order valence-electron chi connectivity index (χ3n) is 3.52. The molecule has 3 rings (SSSR count).